The third-order valence-corrected chi connectivity index (χ3v) is 5.07. The molecule has 1 aliphatic heterocycles. The number of aromatic nitrogens is 1. The van der Waals surface area contributed by atoms with E-state index in [4.69, 9.17) is 16.0 Å². The number of anilines is 1. The van der Waals surface area contributed by atoms with Crippen molar-refractivity contribution in [3.8, 4) is 0 Å². The van der Waals surface area contributed by atoms with Crippen molar-refractivity contribution in [3.05, 3.63) is 58.7 Å². The highest BCUT2D eigenvalue weighted by Crippen LogP contribution is 2.21. The van der Waals surface area contributed by atoms with E-state index >= 15 is 0 Å². The maximum absolute atomic E-state index is 13.2. The van der Waals surface area contributed by atoms with E-state index in [9.17, 15) is 9.18 Å². The topological polar surface area (TPSA) is 61.6 Å². The lowest BCUT2D eigenvalue weighted by molar-refractivity contribution is 0.136. The molecule has 0 saturated carbocycles. The highest BCUT2D eigenvalue weighted by atomic mass is 35.5. The first-order valence-electron chi connectivity index (χ1n) is 9.07. The minimum absolute atomic E-state index is 0.0175. The molecule has 1 N–H and O–H groups in total. The molecule has 2 heterocycles. The van der Waals surface area contributed by atoms with Crippen LogP contribution in [0.25, 0.3) is 11.1 Å². The maximum Gasteiger partial charge on any atom is 0.321 e. The molecule has 6 nitrogen and oxygen atoms in total. The quantitative estimate of drug-likeness (QED) is 0.710. The van der Waals surface area contributed by atoms with Crippen LogP contribution in [0.15, 0.2) is 40.8 Å². The van der Waals surface area contributed by atoms with Crippen LogP contribution in [0.4, 0.5) is 14.9 Å². The summed E-state index contributed by atoms with van der Waals surface area (Å²) in [6.45, 7) is 5.24. The van der Waals surface area contributed by atoms with Crippen molar-refractivity contribution in [3.63, 3.8) is 0 Å². The highest BCUT2D eigenvalue weighted by Gasteiger charge is 2.22. The van der Waals surface area contributed by atoms with E-state index in [1.165, 1.54) is 18.2 Å². The van der Waals surface area contributed by atoms with Crippen LogP contribution in [0.3, 0.4) is 0 Å². The number of nitrogens with one attached hydrogen (secondary N) is 1. The Hall–Kier alpha value is -2.64. The van der Waals surface area contributed by atoms with Crippen LogP contribution in [-0.4, -0.2) is 47.0 Å². The molecule has 3 aromatic rings. The van der Waals surface area contributed by atoms with Gasteiger partial charge in [-0.25, -0.2) is 14.2 Å². The van der Waals surface area contributed by atoms with Crippen LogP contribution in [0.2, 0.25) is 5.02 Å². The summed E-state index contributed by atoms with van der Waals surface area (Å²) >= 11 is 5.76. The number of fused-ring (bicyclic) bond motifs is 1. The second kappa shape index (κ2) is 7.77. The predicted molar refractivity (Wildman–Crippen MR) is 106 cm³/mol. The van der Waals surface area contributed by atoms with Gasteiger partial charge in [0.05, 0.1) is 11.6 Å². The van der Waals surface area contributed by atoms with Gasteiger partial charge in [0.25, 0.3) is 0 Å². The molecule has 8 heteroatoms. The van der Waals surface area contributed by atoms with E-state index in [0.717, 1.165) is 29.8 Å². The van der Waals surface area contributed by atoms with Crippen LogP contribution in [0.1, 0.15) is 11.5 Å². The SMILES string of the molecule is Cc1ccc2oc(CN3CCN(C(=O)Nc4ccc(F)c(Cl)c4)CC3)nc2c1. The third kappa shape index (κ3) is 4.10. The summed E-state index contributed by atoms with van der Waals surface area (Å²) in [5, 5.41) is 2.74. The van der Waals surface area contributed by atoms with E-state index < -0.39 is 5.82 Å². The number of rotatable bonds is 3. The first-order chi connectivity index (χ1) is 13.5. The van der Waals surface area contributed by atoms with Crippen molar-refractivity contribution in [2.75, 3.05) is 31.5 Å². The van der Waals surface area contributed by atoms with Crippen molar-refractivity contribution in [1.29, 1.82) is 0 Å². The largest absolute Gasteiger partial charge is 0.439 e. The minimum Gasteiger partial charge on any atom is -0.439 e. The summed E-state index contributed by atoms with van der Waals surface area (Å²) in [5.41, 5.74) is 3.28. The Balaban J connectivity index is 1.32. The molecular formula is C20H20ClFN4O2. The lowest BCUT2D eigenvalue weighted by Crippen LogP contribution is -2.49. The van der Waals surface area contributed by atoms with Gasteiger partial charge in [0.1, 0.15) is 11.3 Å². The van der Waals surface area contributed by atoms with Gasteiger partial charge in [-0.2, -0.15) is 0 Å². The normalized spacial score (nSPS) is 15.2. The number of benzene rings is 2. The molecule has 28 heavy (non-hydrogen) atoms. The van der Waals surface area contributed by atoms with Gasteiger partial charge in [-0.05, 0) is 42.8 Å². The number of aryl methyl sites for hydroxylation is 1. The molecule has 0 unspecified atom stereocenters. The molecule has 0 spiro atoms. The van der Waals surface area contributed by atoms with E-state index in [-0.39, 0.29) is 11.1 Å². The molecule has 0 radical (unpaired) electrons. The molecule has 1 aromatic heterocycles. The summed E-state index contributed by atoms with van der Waals surface area (Å²) in [4.78, 5) is 20.9. The molecule has 1 saturated heterocycles. The average molecular weight is 403 g/mol. The van der Waals surface area contributed by atoms with Crippen molar-refractivity contribution in [2.45, 2.75) is 13.5 Å². The zero-order valence-corrected chi connectivity index (χ0v) is 16.2. The lowest BCUT2D eigenvalue weighted by Gasteiger charge is -2.34. The Bertz CT molecular complexity index is 1010. The minimum atomic E-state index is -0.511. The monoisotopic (exact) mass is 402 g/mol. The van der Waals surface area contributed by atoms with Crippen LogP contribution in [0.5, 0.6) is 0 Å². The highest BCUT2D eigenvalue weighted by molar-refractivity contribution is 6.31. The zero-order valence-electron chi connectivity index (χ0n) is 15.4. The van der Waals surface area contributed by atoms with Crippen molar-refractivity contribution in [1.82, 2.24) is 14.8 Å². The first-order valence-corrected chi connectivity index (χ1v) is 9.45. The molecule has 0 atom stereocenters. The first kappa shape index (κ1) is 18.7. The Morgan fingerprint density at radius 2 is 2.00 bits per heavy atom. The van der Waals surface area contributed by atoms with Crippen molar-refractivity contribution >= 4 is 34.4 Å². The smallest absolute Gasteiger partial charge is 0.321 e. The molecular weight excluding hydrogens is 383 g/mol. The molecule has 1 fully saturated rings. The number of carbonyl (C=O) groups is 1. The average Bonchev–Trinajstić information content (AvgIpc) is 3.06. The van der Waals surface area contributed by atoms with Gasteiger partial charge in [-0.3, -0.25) is 4.90 Å². The van der Waals surface area contributed by atoms with Crippen molar-refractivity contribution in [2.24, 2.45) is 0 Å². The number of carbonyl (C=O) groups excluding carboxylic acids is 1. The number of nitrogens with zero attached hydrogens (tertiary/aromatic N) is 3. The zero-order chi connectivity index (χ0) is 19.7. The summed E-state index contributed by atoms with van der Waals surface area (Å²) in [7, 11) is 0. The van der Waals surface area contributed by atoms with Gasteiger partial charge < -0.3 is 14.6 Å². The fourth-order valence-electron chi connectivity index (χ4n) is 3.23. The summed E-state index contributed by atoms with van der Waals surface area (Å²) in [6.07, 6.45) is 0. The molecule has 1 aliphatic rings. The molecule has 0 aliphatic carbocycles. The van der Waals surface area contributed by atoms with Crippen LogP contribution < -0.4 is 5.32 Å². The summed E-state index contributed by atoms with van der Waals surface area (Å²) < 4.78 is 19.0. The molecule has 4 rings (SSSR count). The van der Waals surface area contributed by atoms with Gasteiger partial charge >= 0.3 is 6.03 Å². The number of urea groups is 1. The van der Waals surface area contributed by atoms with Gasteiger partial charge in [-0.15, -0.1) is 0 Å². The Morgan fingerprint density at radius 1 is 1.21 bits per heavy atom. The molecule has 0 bridgehead atoms. The van der Waals surface area contributed by atoms with E-state index in [1.807, 2.05) is 25.1 Å². The molecule has 2 aromatic carbocycles. The second-order valence-electron chi connectivity index (χ2n) is 6.90. The number of piperazine rings is 1. The number of halogens is 2. The standard InChI is InChI=1S/C20H20ClFN4O2/c1-13-2-5-18-17(10-13)24-19(28-18)12-25-6-8-26(9-7-25)20(27)23-14-3-4-16(22)15(21)11-14/h2-5,10-11H,6-9,12H2,1H3,(H,23,27). The number of amides is 2. The van der Waals surface area contributed by atoms with Crippen molar-refractivity contribution < 1.29 is 13.6 Å². The van der Waals surface area contributed by atoms with Crippen LogP contribution >= 0.6 is 11.6 Å². The van der Waals surface area contributed by atoms with E-state index in [1.54, 1.807) is 4.90 Å². The number of hydrogen-bond donors (Lipinski definition) is 1. The fraction of sp³-hybridized carbons (Fsp3) is 0.300. The Labute approximate surface area is 166 Å². The second-order valence-corrected chi connectivity index (χ2v) is 7.31. The van der Waals surface area contributed by atoms with Crippen LogP contribution in [-0.2, 0) is 6.54 Å². The van der Waals surface area contributed by atoms with E-state index in [2.05, 4.69) is 15.2 Å². The fourth-order valence-corrected chi connectivity index (χ4v) is 3.41. The number of oxazole rings is 1. The van der Waals surface area contributed by atoms with Gasteiger partial charge in [0.15, 0.2) is 5.58 Å². The maximum atomic E-state index is 13.2. The van der Waals surface area contributed by atoms with Gasteiger partial charge in [0, 0.05) is 31.9 Å². The third-order valence-electron chi connectivity index (χ3n) is 4.78. The Morgan fingerprint density at radius 3 is 2.75 bits per heavy atom. The molecule has 2 amide bonds. The lowest BCUT2D eigenvalue weighted by atomic mass is 10.2. The van der Waals surface area contributed by atoms with Gasteiger partial charge in [0.2, 0.25) is 5.89 Å². The number of hydrogen-bond acceptors (Lipinski definition) is 4. The summed E-state index contributed by atoms with van der Waals surface area (Å²) in [5.74, 6) is 0.169. The Kier molecular flexibility index (Phi) is 5.19. The van der Waals surface area contributed by atoms with Gasteiger partial charge in [-0.1, -0.05) is 17.7 Å². The predicted octanol–water partition coefficient (Wildman–Crippen LogP) is 4.28. The summed E-state index contributed by atoms with van der Waals surface area (Å²) in [6, 6.07) is 9.85. The van der Waals surface area contributed by atoms with Crippen LogP contribution in [0, 0.1) is 12.7 Å². The van der Waals surface area contributed by atoms with E-state index in [0.29, 0.717) is 31.2 Å². The molecule has 146 valence electrons.